The first-order valence-electron chi connectivity index (χ1n) is 6.12. The van der Waals surface area contributed by atoms with Crippen molar-refractivity contribution in [3.05, 3.63) is 0 Å². The monoisotopic (exact) mass is 252 g/mol. The maximum atomic E-state index is 10.1. The van der Waals surface area contributed by atoms with Gasteiger partial charge in [0.25, 0.3) is 0 Å². The fraction of sp³-hybridized carbons (Fsp3) is 0.923. The second-order valence-electron chi connectivity index (χ2n) is 5.55. The smallest absolute Gasteiger partial charge is 0.550 e. The van der Waals surface area contributed by atoms with Gasteiger partial charge in [0.1, 0.15) is 0 Å². The zero-order chi connectivity index (χ0) is 11.7. The summed E-state index contributed by atoms with van der Waals surface area (Å²) in [7, 11) is 0. The molecular formula is C13H25KO2. The van der Waals surface area contributed by atoms with E-state index in [0.717, 1.165) is 19.3 Å². The Morgan fingerprint density at radius 1 is 0.938 bits per heavy atom. The largest absolute Gasteiger partial charge is 1.00 e. The maximum absolute atomic E-state index is 10.1. The van der Waals surface area contributed by atoms with Gasteiger partial charge in [0.2, 0.25) is 0 Å². The number of carboxylic acid groups (broad SMARTS) is 1. The van der Waals surface area contributed by atoms with Crippen molar-refractivity contribution in [3.8, 4) is 0 Å². The van der Waals surface area contributed by atoms with Crippen LogP contribution in [0.4, 0.5) is 0 Å². The molecule has 0 radical (unpaired) electrons. The van der Waals surface area contributed by atoms with Gasteiger partial charge in [-0.1, -0.05) is 52.9 Å². The minimum absolute atomic E-state index is 0. The van der Waals surface area contributed by atoms with E-state index in [0.29, 0.717) is 5.41 Å². The number of hydrogen-bond acceptors (Lipinski definition) is 2. The van der Waals surface area contributed by atoms with Gasteiger partial charge in [-0.05, 0) is 24.7 Å². The third-order valence-corrected chi connectivity index (χ3v) is 2.56. The number of rotatable bonds is 8. The molecule has 3 heteroatoms. The van der Waals surface area contributed by atoms with E-state index in [1.807, 2.05) is 0 Å². The molecule has 0 heterocycles. The van der Waals surface area contributed by atoms with Gasteiger partial charge in [0.15, 0.2) is 0 Å². The Morgan fingerprint density at radius 2 is 1.38 bits per heavy atom. The Bertz CT molecular complexity index is 173. The molecule has 0 aromatic rings. The first kappa shape index (κ1) is 19.4. The van der Waals surface area contributed by atoms with E-state index in [9.17, 15) is 9.90 Å². The normalized spacial score (nSPS) is 10.9. The fourth-order valence-corrected chi connectivity index (χ4v) is 1.63. The molecule has 0 N–H and O–H groups in total. The maximum Gasteiger partial charge on any atom is 1.00 e. The van der Waals surface area contributed by atoms with Crippen LogP contribution in [-0.4, -0.2) is 5.97 Å². The summed E-state index contributed by atoms with van der Waals surface area (Å²) in [6, 6.07) is 0. The molecule has 0 atom stereocenters. The summed E-state index contributed by atoms with van der Waals surface area (Å²) in [6.45, 7) is 6.81. The van der Waals surface area contributed by atoms with Crippen LogP contribution in [0.25, 0.3) is 0 Å². The van der Waals surface area contributed by atoms with Crippen molar-refractivity contribution in [1.29, 1.82) is 0 Å². The molecule has 0 spiro atoms. The second kappa shape index (κ2) is 11.2. The first-order valence-corrected chi connectivity index (χ1v) is 6.12. The summed E-state index contributed by atoms with van der Waals surface area (Å²) in [5, 5.41) is 10.1. The van der Waals surface area contributed by atoms with Crippen molar-refractivity contribution in [2.45, 2.75) is 72.1 Å². The fourth-order valence-electron chi connectivity index (χ4n) is 1.63. The number of carbonyl (C=O) groups excluding carboxylic acids is 1. The van der Waals surface area contributed by atoms with Crippen LogP contribution in [0.5, 0.6) is 0 Å². The van der Waals surface area contributed by atoms with Gasteiger partial charge >= 0.3 is 51.4 Å². The van der Waals surface area contributed by atoms with Gasteiger partial charge in [0.05, 0.1) is 0 Å². The van der Waals surface area contributed by atoms with Crippen molar-refractivity contribution >= 4 is 5.97 Å². The summed E-state index contributed by atoms with van der Waals surface area (Å²) in [4.78, 5) is 10.1. The summed E-state index contributed by atoms with van der Waals surface area (Å²) in [5.74, 6) is -0.914. The molecule has 0 aliphatic heterocycles. The molecule has 2 nitrogen and oxygen atoms in total. The van der Waals surface area contributed by atoms with E-state index in [4.69, 9.17) is 0 Å². The van der Waals surface area contributed by atoms with Crippen molar-refractivity contribution < 1.29 is 61.3 Å². The topological polar surface area (TPSA) is 40.1 Å². The van der Waals surface area contributed by atoms with Crippen molar-refractivity contribution in [3.63, 3.8) is 0 Å². The summed E-state index contributed by atoms with van der Waals surface area (Å²) in [6.07, 6.45) is 8.30. The predicted molar refractivity (Wildman–Crippen MR) is 61.4 cm³/mol. The number of aliphatic carboxylic acids is 1. The molecule has 0 saturated carbocycles. The van der Waals surface area contributed by atoms with Crippen molar-refractivity contribution in [2.24, 2.45) is 5.41 Å². The predicted octanol–water partition coefficient (Wildman–Crippen LogP) is -0.0928. The molecule has 0 aromatic heterocycles. The average Bonchev–Trinajstić information content (AvgIpc) is 2.07. The minimum Gasteiger partial charge on any atom is -0.550 e. The van der Waals surface area contributed by atoms with Crippen LogP contribution in [0.2, 0.25) is 0 Å². The standard InChI is InChI=1S/C13H26O2.K/c1-13(2,3)11-9-7-5-4-6-8-10-12(14)15;/h4-11H2,1-3H3,(H,14,15);/q;+1/p-1. The Morgan fingerprint density at radius 3 is 1.81 bits per heavy atom. The Hall–Kier alpha value is 1.11. The van der Waals surface area contributed by atoms with Crippen molar-refractivity contribution in [2.75, 3.05) is 0 Å². The molecule has 0 unspecified atom stereocenters. The van der Waals surface area contributed by atoms with Crippen LogP contribution in [0.3, 0.4) is 0 Å². The Kier molecular flexibility index (Phi) is 13.6. The number of hydrogen-bond donors (Lipinski definition) is 0. The van der Waals surface area contributed by atoms with Crippen LogP contribution >= 0.6 is 0 Å². The molecule has 0 fully saturated rings. The molecule has 0 bridgehead atoms. The van der Waals surface area contributed by atoms with Crippen LogP contribution in [0.15, 0.2) is 0 Å². The molecule has 90 valence electrons. The summed E-state index contributed by atoms with van der Waals surface area (Å²) >= 11 is 0. The summed E-state index contributed by atoms with van der Waals surface area (Å²) < 4.78 is 0. The molecule has 0 aliphatic carbocycles. The van der Waals surface area contributed by atoms with Crippen molar-refractivity contribution in [1.82, 2.24) is 0 Å². The summed E-state index contributed by atoms with van der Waals surface area (Å²) in [5.41, 5.74) is 0.453. The zero-order valence-electron chi connectivity index (χ0n) is 11.5. The molecule has 0 aliphatic rings. The number of carbonyl (C=O) groups is 1. The Labute approximate surface area is 143 Å². The molecular weight excluding hydrogens is 227 g/mol. The quantitative estimate of drug-likeness (QED) is 0.447. The van der Waals surface area contributed by atoms with Gasteiger partial charge < -0.3 is 9.90 Å². The van der Waals surface area contributed by atoms with Gasteiger partial charge in [0, 0.05) is 5.97 Å². The van der Waals surface area contributed by atoms with Crippen LogP contribution in [0, 0.1) is 5.41 Å². The van der Waals surface area contributed by atoms with E-state index < -0.39 is 5.97 Å². The van der Waals surface area contributed by atoms with E-state index >= 15 is 0 Å². The molecule has 0 rings (SSSR count). The average molecular weight is 252 g/mol. The molecule has 16 heavy (non-hydrogen) atoms. The molecule has 0 amide bonds. The van der Waals surface area contributed by atoms with Gasteiger partial charge in [-0.3, -0.25) is 0 Å². The van der Waals surface area contributed by atoms with E-state index in [1.165, 1.54) is 25.7 Å². The first-order chi connectivity index (χ1) is 6.92. The SMILES string of the molecule is CC(C)(C)CCCCCCCCC(=O)[O-].[K+]. The zero-order valence-corrected chi connectivity index (χ0v) is 14.6. The molecule has 0 saturated heterocycles. The molecule has 0 aromatic carbocycles. The van der Waals surface area contributed by atoms with Gasteiger partial charge in [-0.15, -0.1) is 0 Å². The van der Waals surface area contributed by atoms with E-state index in [1.54, 1.807) is 0 Å². The van der Waals surface area contributed by atoms with Crippen LogP contribution in [-0.2, 0) is 4.79 Å². The third-order valence-electron chi connectivity index (χ3n) is 2.56. The van der Waals surface area contributed by atoms with Crippen LogP contribution < -0.4 is 56.5 Å². The Balaban J connectivity index is 0. The van der Waals surface area contributed by atoms with Crippen LogP contribution in [0.1, 0.15) is 72.1 Å². The second-order valence-corrected chi connectivity index (χ2v) is 5.55. The minimum atomic E-state index is -0.914. The van der Waals surface area contributed by atoms with E-state index in [-0.39, 0.29) is 57.8 Å². The number of unbranched alkanes of at least 4 members (excludes halogenated alkanes) is 5. The van der Waals surface area contributed by atoms with Gasteiger partial charge in [-0.2, -0.15) is 0 Å². The van der Waals surface area contributed by atoms with E-state index in [2.05, 4.69) is 20.8 Å². The number of carboxylic acids is 1. The third kappa shape index (κ3) is 17.5. The van der Waals surface area contributed by atoms with Gasteiger partial charge in [-0.25, -0.2) is 0 Å².